The maximum atomic E-state index is 9.72. The summed E-state index contributed by atoms with van der Waals surface area (Å²) < 4.78 is 0.986. The van der Waals surface area contributed by atoms with Gasteiger partial charge in [0, 0.05) is 3.57 Å². The van der Waals surface area contributed by atoms with Gasteiger partial charge in [-0.15, -0.1) is 0 Å². The summed E-state index contributed by atoms with van der Waals surface area (Å²) in [4.78, 5) is 0. The monoisotopic (exact) mass is 292 g/mol. The van der Waals surface area contributed by atoms with Crippen molar-refractivity contribution >= 4 is 22.6 Å². The van der Waals surface area contributed by atoms with E-state index in [1.165, 1.54) is 0 Å². The van der Waals surface area contributed by atoms with Crippen LogP contribution in [0.1, 0.15) is 25.0 Å². The second kappa shape index (κ2) is 4.93. The molecule has 0 aliphatic carbocycles. The fourth-order valence-corrected chi connectivity index (χ4v) is 1.85. The maximum absolute atomic E-state index is 9.72. The standard InChI is InChI=1S/C10H13IO2/c1-2-9(12)10(13)7-5-3-4-6-8(7)11/h3-6,9-10,12-13H,2H2,1H3/t9-,10-/m1/s1. The third kappa shape index (κ3) is 2.65. The maximum Gasteiger partial charge on any atom is 0.106 e. The molecule has 2 nitrogen and oxygen atoms in total. The predicted octanol–water partition coefficient (Wildman–Crippen LogP) is 2.10. The third-order valence-electron chi connectivity index (χ3n) is 2.01. The number of rotatable bonds is 3. The molecule has 0 saturated heterocycles. The quantitative estimate of drug-likeness (QED) is 0.838. The molecule has 0 heterocycles. The topological polar surface area (TPSA) is 40.5 Å². The van der Waals surface area contributed by atoms with Crippen molar-refractivity contribution in [2.24, 2.45) is 0 Å². The third-order valence-corrected chi connectivity index (χ3v) is 2.99. The summed E-state index contributed by atoms with van der Waals surface area (Å²) in [7, 11) is 0. The van der Waals surface area contributed by atoms with Crippen LogP contribution in [0, 0.1) is 3.57 Å². The number of hydrogen-bond acceptors (Lipinski definition) is 2. The number of benzene rings is 1. The number of aliphatic hydroxyl groups is 2. The lowest BCUT2D eigenvalue weighted by Crippen LogP contribution is -2.17. The molecule has 0 radical (unpaired) electrons. The highest BCUT2D eigenvalue weighted by atomic mass is 127. The van der Waals surface area contributed by atoms with Crippen molar-refractivity contribution in [2.45, 2.75) is 25.6 Å². The molecule has 72 valence electrons. The lowest BCUT2D eigenvalue weighted by atomic mass is 10.0. The molecule has 0 aliphatic heterocycles. The Balaban J connectivity index is 2.88. The molecule has 0 amide bonds. The molecule has 0 saturated carbocycles. The van der Waals surface area contributed by atoms with Gasteiger partial charge in [-0.05, 0) is 40.6 Å². The molecule has 1 rings (SSSR count). The van der Waals surface area contributed by atoms with Crippen LogP contribution in [0.4, 0.5) is 0 Å². The largest absolute Gasteiger partial charge is 0.390 e. The first kappa shape index (κ1) is 10.9. The molecule has 0 bridgehead atoms. The first-order valence-corrected chi connectivity index (χ1v) is 5.35. The number of halogens is 1. The summed E-state index contributed by atoms with van der Waals surface area (Å²) in [5, 5.41) is 19.2. The Morgan fingerprint density at radius 2 is 1.92 bits per heavy atom. The van der Waals surface area contributed by atoms with E-state index in [0.29, 0.717) is 6.42 Å². The van der Waals surface area contributed by atoms with Crippen molar-refractivity contribution in [2.75, 3.05) is 0 Å². The van der Waals surface area contributed by atoms with Gasteiger partial charge in [-0.3, -0.25) is 0 Å². The molecule has 13 heavy (non-hydrogen) atoms. The van der Waals surface area contributed by atoms with Crippen LogP contribution in [0.25, 0.3) is 0 Å². The summed E-state index contributed by atoms with van der Waals surface area (Å²) in [5.41, 5.74) is 0.803. The molecule has 1 aromatic rings. The molecule has 0 aromatic heterocycles. The molecular weight excluding hydrogens is 279 g/mol. The summed E-state index contributed by atoms with van der Waals surface area (Å²) >= 11 is 2.15. The number of aliphatic hydroxyl groups excluding tert-OH is 2. The van der Waals surface area contributed by atoms with Gasteiger partial charge in [-0.2, -0.15) is 0 Å². The van der Waals surface area contributed by atoms with Crippen LogP contribution >= 0.6 is 22.6 Å². The Kier molecular flexibility index (Phi) is 4.15. The van der Waals surface area contributed by atoms with E-state index in [0.717, 1.165) is 9.13 Å². The lowest BCUT2D eigenvalue weighted by Gasteiger charge is -2.17. The summed E-state index contributed by atoms with van der Waals surface area (Å²) in [5.74, 6) is 0. The van der Waals surface area contributed by atoms with E-state index in [1.807, 2.05) is 31.2 Å². The Bertz CT molecular complexity index is 275. The van der Waals surface area contributed by atoms with Crippen LogP contribution in [0.3, 0.4) is 0 Å². The average Bonchev–Trinajstić information content (AvgIpc) is 2.16. The summed E-state index contributed by atoms with van der Waals surface area (Å²) in [6.07, 6.45) is -0.874. The molecule has 2 N–H and O–H groups in total. The van der Waals surface area contributed by atoms with Crippen LogP contribution < -0.4 is 0 Å². The Labute approximate surface area is 91.7 Å². The van der Waals surface area contributed by atoms with E-state index in [2.05, 4.69) is 22.6 Å². The van der Waals surface area contributed by atoms with Gasteiger partial charge in [0.2, 0.25) is 0 Å². The second-order valence-electron chi connectivity index (χ2n) is 2.94. The van der Waals surface area contributed by atoms with E-state index >= 15 is 0 Å². The van der Waals surface area contributed by atoms with E-state index in [1.54, 1.807) is 0 Å². The van der Waals surface area contributed by atoms with Crippen molar-refractivity contribution in [3.63, 3.8) is 0 Å². The molecule has 3 heteroatoms. The zero-order valence-corrected chi connectivity index (χ0v) is 9.60. The lowest BCUT2D eigenvalue weighted by molar-refractivity contribution is 0.0160. The van der Waals surface area contributed by atoms with Gasteiger partial charge in [-0.1, -0.05) is 25.1 Å². The van der Waals surface area contributed by atoms with Crippen LogP contribution in [0.15, 0.2) is 24.3 Å². The van der Waals surface area contributed by atoms with Crippen molar-refractivity contribution < 1.29 is 10.2 Å². The van der Waals surface area contributed by atoms with Gasteiger partial charge < -0.3 is 10.2 Å². The molecule has 0 unspecified atom stereocenters. The van der Waals surface area contributed by atoms with Crippen LogP contribution in [-0.4, -0.2) is 16.3 Å². The highest BCUT2D eigenvalue weighted by Gasteiger charge is 2.17. The molecular formula is C10H13IO2. The summed E-state index contributed by atoms with van der Waals surface area (Å²) in [6, 6.07) is 7.53. The molecule has 0 spiro atoms. The van der Waals surface area contributed by atoms with Crippen molar-refractivity contribution in [1.82, 2.24) is 0 Å². The van der Waals surface area contributed by atoms with E-state index in [4.69, 9.17) is 0 Å². The smallest absolute Gasteiger partial charge is 0.106 e. The fourth-order valence-electron chi connectivity index (χ4n) is 1.15. The average molecular weight is 292 g/mol. The first-order chi connectivity index (χ1) is 6.16. The SMILES string of the molecule is CC[C@@H](O)[C@H](O)c1ccccc1I. The van der Waals surface area contributed by atoms with Gasteiger partial charge in [-0.25, -0.2) is 0 Å². The van der Waals surface area contributed by atoms with Crippen molar-refractivity contribution in [3.8, 4) is 0 Å². The van der Waals surface area contributed by atoms with Gasteiger partial charge in [0.05, 0.1) is 6.10 Å². The van der Waals surface area contributed by atoms with Gasteiger partial charge in [0.25, 0.3) is 0 Å². The Morgan fingerprint density at radius 1 is 1.31 bits per heavy atom. The van der Waals surface area contributed by atoms with Crippen LogP contribution in [0.2, 0.25) is 0 Å². The van der Waals surface area contributed by atoms with Gasteiger partial charge >= 0.3 is 0 Å². The summed E-state index contributed by atoms with van der Waals surface area (Å²) in [6.45, 7) is 1.85. The highest BCUT2D eigenvalue weighted by molar-refractivity contribution is 14.1. The molecule has 0 aliphatic rings. The van der Waals surface area contributed by atoms with Crippen molar-refractivity contribution in [3.05, 3.63) is 33.4 Å². The Hall–Kier alpha value is -0.130. The normalized spacial score (nSPS) is 15.4. The minimum atomic E-state index is -0.766. The highest BCUT2D eigenvalue weighted by Crippen LogP contribution is 2.23. The predicted molar refractivity (Wildman–Crippen MR) is 60.4 cm³/mol. The number of hydrogen-bond donors (Lipinski definition) is 2. The van der Waals surface area contributed by atoms with Crippen LogP contribution in [0.5, 0.6) is 0 Å². The second-order valence-corrected chi connectivity index (χ2v) is 4.10. The van der Waals surface area contributed by atoms with Gasteiger partial charge in [0.15, 0.2) is 0 Å². The molecule has 1 aromatic carbocycles. The zero-order chi connectivity index (χ0) is 9.84. The van der Waals surface area contributed by atoms with Gasteiger partial charge in [0.1, 0.15) is 6.10 Å². The minimum Gasteiger partial charge on any atom is -0.390 e. The minimum absolute atomic E-state index is 0.562. The zero-order valence-electron chi connectivity index (χ0n) is 7.44. The van der Waals surface area contributed by atoms with Crippen LogP contribution in [-0.2, 0) is 0 Å². The molecule has 0 fully saturated rings. The first-order valence-electron chi connectivity index (χ1n) is 4.27. The van der Waals surface area contributed by atoms with Crippen molar-refractivity contribution in [1.29, 1.82) is 0 Å². The van der Waals surface area contributed by atoms with E-state index in [9.17, 15) is 10.2 Å². The Morgan fingerprint density at radius 3 is 2.46 bits per heavy atom. The van der Waals surface area contributed by atoms with E-state index in [-0.39, 0.29) is 0 Å². The molecule has 2 atom stereocenters. The fraction of sp³-hybridized carbons (Fsp3) is 0.400. The van der Waals surface area contributed by atoms with E-state index < -0.39 is 12.2 Å².